The maximum atomic E-state index is 5.70. The molecule has 0 aliphatic heterocycles. The van der Waals surface area contributed by atoms with Crippen molar-refractivity contribution in [2.75, 3.05) is 0 Å². The third-order valence-electron chi connectivity index (χ3n) is 3.07. The Morgan fingerprint density at radius 1 is 1.05 bits per heavy atom. The number of nitrogens with two attached hydrogens (primary N) is 1. The van der Waals surface area contributed by atoms with Crippen LogP contribution in [0.1, 0.15) is 17.2 Å². The molecule has 3 aromatic rings. The monoisotopic (exact) mass is 251 g/mol. The van der Waals surface area contributed by atoms with Crippen molar-refractivity contribution in [3.8, 4) is 0 Å². The third-order valence-corrected chi connectivity index (χ3v) is 3.07. The Balaban J connectivity index is 2.17. The molecule has 0 fully saturated rings. The first kappa shape index (κ1) is 11.7. The van der Waals surface area contributed by atoms with Crippen molar-refractivity contribution in [1.82, 2.24) is 20.4 Å². The number of nitrogens with one attached hydrogen (secondary N) is 1. The average Bonchev–Trinajstić information content (AvgIpc) is 2.49. The molecule has 0 spiro atoms. The molecule has 0 saturated carbocycles. The standard InChI is InChI=1S/C14H13N5/c15-19-14(10-7-16-9-17-8-10)12-3-1-5-13-11(12)4-2-6-18-13/h1-9,14,19H,15H2. The Hall–Kier alpha value is -2.37. The summed E-state index contributed by atoms with van der Waals surface area (Å²) < 4.78 is 0. The first-order valence-electron chi connectivity index (χ1n) is 5.95. The first-order valence-corrected chi connectivity index (χ1v) is 5.95. The predicted octanol–water partition coefficient (Wildman–Crippen LogP) is 1.58. The van der Waals surface area contributed by atoms with Gasteiger partial charge in [0, 0.05) is 29.5 Å². The van der Waals surface area contributed by atoms with Gasteiger partial charge in [-0.15, -0.1) is 0 Å². The van der Waals surface area contributed by atoms with Crippen LogP contribution in [0.3, 0.4) is 0 Å². The smallest absolute Gasteiger partial charge is 0.115 e. The average molecular weight is 251 g/mol. The number of aromatic nitrogens is 3. The van der Waals surface area contributed by atoms with Crippen LogP contribution in [0.15, 0.2) is 55.2 Å². The number of hydrogen-bond donors (Lipinski definition) is 2. The molecule has 1 atom stereocenters. The van der Waals surface area contributed by atoms with Gasteiger partial charge in [0.05, 0.1) is 11.6 Å². The van der Waals surface area contributed by atoms with Crippen LogP contribution < -0.4 is 11.3 Å². The zero-order valence-corrected chi connectivity index (χ0v) is 10.2. The lowest BCUT2D eigenvalue weighted by molar-refractivity contribution is 0.635. The molecule has 3 rings (SSSR count). The summed E-state index contributed by atoms with van der Waals surface area (Å²) in [5.74, 6) is 5.70. The van der Waals surface area contributed by atoms with Crippen LogP contribution in [-0.2, 0) is 0 Å². The van der Waals surface area contributed by atoms with Gasteiger partial charge in [-0.05, 0) is 17.7 Å². The SMILES string of the molecule is NNC(c1cncnc1)c1cccc2ncccc12. The topological polar surface area (TPSA) is 76.7 Å². The molecular formula is C14H13N5. The number of rotatable bonds is 3. The zero-order valence-electron chi connectivity index (χ0n) is 10.2. The van der Waals surface area contributed by atoms with E-state index in [-0.39, 0.29) is 6.04 Å². The second-order valence-corrected chi connectivity index (χ2v) is 4.19. The van der Waals surface area contributed by atoms with Gasteiger partial charge in [0.1, 0.15) is 6.33 Å². The Labute approximate surface area is 110 Å². The molecule has 5 nitrogen and oxygen atoms in total. The second kappa shape index (κ2) is 5.09. The molecule has 2 heterocycles. The molecular weight excluding hydrogens is 238 g/mol. The molecule has 1 aromatic carbocycles. The lowest BCUT2D eigenvalue weighted by Gasteiger charge is -2.17. The van der Waals surface area contributed by atoms with Crippen LogP contribution in [0, 0.1) is 0 Å². The van der Waals surface area contributed by atoms with Crippen molar-refractivity contribution < 1.29 is 0 Å². The number of pyridine rings is 1. The van der Waals surface area contributed by atoms with E-state index in [9.17, 15) is 0 Å². The Kier molecular flexibility index (Phi) is 3.14. The summed E-state index contributed by atoms with van der Waals surface area (Å²) in [6, 6.07) is 9.77. The van der Waals surface area contributed by atoms with Crippen LogP contribution in [0.4, 0.5) is 0 Å². The van der Waals surface area contributed by atoms with Crippen molar-refractivity contribution in [3.05, 3.63) is 66.4 Å². The third kappa shape index (κ3) is 2.16. The zero-order chi connectivity index (χ0) is 13.1. The number of benzene rings is 1. The van der Waals surface area contributed by atoms with E-state index in [0.717, 1.165) is 22.0 Å². The molecule has 94 valence electrons. The predicted molar refractivity (Wildman–Crippen MR) is 72.9 cm³/mol. The fourth-order valence-corrected chi connectivity index (χ4v) is 2.20. The fraction of sp³-hybridized carbons (Fsp3) is 0.0714. The molecule has 0 amide bonds. The van der Waals surface area contributed by atoms with Crippen molar-refractivity contribution in [1.29, 1.82) is 0 Å². The van der Waals surface area contributed by atoms with E-state index in [1.165, 1.54) is 6.33 Å². The number of nitrogens with zero attached hydrogens (tertiary/aromatic N) is 3. The molecule has 0 aliphatic carbocycles. The van der Waals surface area contributed by atoms with Crippen LogP contribution >= 0.6 is 0 Å². The van der Waals surface area contributed by atoms with Crippen molar-refractivity contribution in [3.63, 3.8) is 0 Å². The minimum atomic E-state index is -0.158. The van der Waals surface area contributed by atoms with Gasteiger partial charge >= 0.3 is 0 Å². The number of hydrazine groups is 1. The normalized spacial score (nSPS) is 12.5. The van der Waals surface area contributed by atoms with Crippen molar-refractivity contribution in [2.45, 2.75) is 6.04 Å². The van der Waals surface area contributed by atoms with Gasteiger partial charge in [0.15, 0.2) is 0 Å². The number of hydrogen-bond acceptors (Lipinski definition) is 5. The van der Waals surface area contributed by atoms with Crippen LogP contribution in [-0.4, -0.2) is 15.0 Å². The molecule has 3 N–H and O–H groups in total. The molecule has 19 heavy (non-hydrogen) atoms. The van der Waals surface area contributed by atoms with E-state index in [0.29, 0.717) is 0 Å². The highest BCUT2D eigenvalue weighted by Gasteiger charge is 2.15. The van der Waals surface area contributed by atoms with E-state index in [1.807, 2.05) is 30.3 Å². The van der Waals surface area contributed by atoms with E-state index in [4.69, 9.17) is 5.84 Å². The Morgan fingerprint density at radius 2 is 1.89 bits per heavy atom. The summed E-state index contributed by atoms with van der Waals surface area (Å²) in [6.45, 7) is 0. The van der Waals surface area contributed by atoms with Crippen LogP contribution in [0.25, 0.3) is 10.9 Å². The lowest BCUT2D eigenvalue weighted by atomic mass is 9.97. The quantitative estimate of drug-likeness (QED) is 0.546. The maximum Gasteiger partial charge on any atom is 0.115 e. The Bertz CT molecular complexity index is 678. The molecule has 1 unspecified atom stereocenters. The molecule has 0 saturated heterocycles. The van der Waals surface area contributed by atoms with Gasteiger partial charge in [-0.2, -0.15) is 0 Å². The summed E-state index contributed by atoms with van der Waals surface area (Å²) in [5.41, 5.74) is 5.74. The molecule has 5 heteroatoms. The Morgan fingerprint density at radius 3 is 2.68 bits per heavy atom. The highest BCUT2D eigenvalue weighted by atomic mass is 15.2. The van der Waals surface area contributed by atoms with Crippen LogP contribution in [0.5, 0.6) is 0 Å². The largest absolute Gasteiger partial charge is 0.271 e. The van der Waals surface area contributed by atoms with Gasteiger partial charge in [0.2, 0.25) is 0 Å². The highest BCUT2D eigenvalue weighted by molar-refractivity contribution is 5.82. The van der Waals surface area contributed by atoms with E-state index < -0.39 is 0 Å². The van der Waals surface area contributed by atoms with Gasteiger partial charge in [0.25, 0.3) is 0 Å². The lowest BCUT2D eigenvalue weighted by Crippen LogP contribution is -2.29. The molecule has 0 bridgehead atoms. The molecule has 0 radical (unpaired) electrons. The second-order valence-electron chi connectivity index (χ2n) is 4.19. The van der Waals surface area contributed by atoms with Crippen molar-refractivity contribution in [2.24, 2.45) is 5.84 Å². The van der Waals surface area contributed by atoms with Gasteiger partial charge in [-0.25, -0.2) is 15.4 Å². The summed E-state index contributed by atoms with van der Waals surface area (Å²) in [4.78, 5) is 12.4. The van der Waals surface area contributed by atoms with Gasteiger partial charge in [-0.1, -0.05) is 18.2 Å². The maximum absolute atomic E-state index is 5.70. The fourth-order valence-electron chi connectivity index (χ4n) is 2.20. The van der Waals surface area contributed by atoms with Gasteiger partial charge in [-0.3, -0.25) is 10.8 Å². The molecule has 2 aromatic heterocycles. The number of fused-ring (bicyclic) bond motifs is 1. The first-order chi connectivity index (χ1) is 9.40. The van der Waals surface area contributed by atoms with E-state index in [1.54, 1.807) is 18.6 Å². The summed E-state index contributed by atoms with van der Waals surface area (Å²) in [7, 11) is 0. The van der Waals surface area contributed by atoms with Crippen molar-refractivity contribution >= 4 is 10.9 Å². The van der Waals surface area contributed by atoms with E-state index >= 15 is 0 Å². The van der Waals surface area contributed by atoms with E-state index in [2.05, 4.69) is 20.4 Å². The molecule has 0 aliphatic rings. The van der Waals surface area contributed by atoms with Crippen LogP contribution in [0.2, 0.25) is 0 Å². The summed E-state index contributed by atoms with van der Waals surface area (Å²) >= 11 is 0. The minimum Gasteiger partial charge on any atom is -0.271 e. The summed E-state index contributed by atoms with van der Waals surface area (Å²) in [5, 5.41) is 1.07. The summed E-state index contributed by atoms with van der Waals surface area (Å²) in [6.07, 6.45) is 6.80. The minimum absolute atomic E-state index is 0.158. The highest BCUT2D eigenvalue weighted by Crippen LogP contribution is 2.26. The van der Waals surface area contributed by atoms with Gasteiger partial charge < -0.3 is 0 Å².